The van der Waals surface area contributed by atoms with Crippen LogP contribution in [0, 0.1) is 0 Å². The summed E-state index contributed by atoms with van der Waals surface area (Å²) in [4.78, 5) is 44.6. The highest BCUT2D eigenvalue weighted by atomic mass is 19.4. The molecule has 1 aliphatic heterocycles. The molecule has 8 nitrogen and oxygen atoms in total. The Labute approximate surface area is 272 Å². The van der Waals surface area contributed by atoms with Crippen molar-refractivity contribution in [2.75, 3.05) is 24.5 Å². The van der Waals surface area contributed by atoms with Crippen molar-refractivity contribution in [3.05, 3.63) is 84.3 Å². The van der Waals surface area contributed by atoms with Crippen LogP contribution in [-0.4, -0.2) is 58.5 Å². The van der Waals surface area contributed by atoms with E-state index in [1.54, 1.807) is 0 Å². The lowest BCUT2D eigenvalue weighted by molar-refractivity contribution is -0.192. The van der Waals surface area contributed by atoms with Gasteiger partial charge in [0.15, 0.2) is 0 Å². The van der Waals surface area contributed by atoms with E-state index in [2.05, 4.69) is 74.8 Å². The normalized spacial score (nSPS) is 13.3. The zero-order valence-electron chi connectivity index (χ0n) is 26.5. The number of aromatic nitrogens is 2. The number of amides is 1. The number of halogens is 3. The Balaban J connectivity index is 0.000000644. The maximum absolute atomic E-state index is 13.5. The molecule has 0 saturated carbocycles. The van der Waals surface area contributed by atoms with Crippen LogP contribution in [0.4, 0.5) is 18.9 Å². The van der Waals surface area contributed by atoms with Crippen LogP contribution in [0.1, 0.15) is 69.2 Å². The second-order valence-electron chi connectivity index (χ2n) is 11.6. The van der Waals surface area contributed by atoms with Gasteiger partial charge < -0.3 is 20.3 Å². The minimum Gasteiger partial charge on any atom is -0.475 e. The molecule has 1 aliphatic rings. The number of unbranched alkanes of at least 4 members (excludes halogenated alkanes) is 2. The van der Waals surface area contributed by atoms with Gasteiger partial charge in [-0.1, -0.05) is 74.4 Å². The van der Waals surface area contributed by atoms with E-state index in [4.69, 9.17) is 9.90 Å². The van der Waals surface area contributed by atoms with E-state index in [0.717, 1.165) is 56.5 Å². The average Bonchev–Trinajstić information content (AvgIpc) is 3.56. The quantitative estimate of drug-likeness (QED) is 0.130. The monoisotopic (exact) mass is 650 g/mol. The van der Waals surface area contributed by atoms with Gasteiger partial charge in [0.1, 0.15) is 11.6 Å². The molecule has 3 N–H and O–H groups in total. The van der Waals surface area contributed by atoms with Gasteiger partial charge in [-0.05, 0) is 54.2 Å². The molecule has 11 heteroatoms. The van der Waals surface area contributed by atoms with Gasteiger partial charge in [-0.25, -0.2) is 9.78 Å². The number of ketones is 1. The first-order chi connectivity index (χ1) is 22.6. The second-order valence-corrected chi connectivity index (χ2v) is 11.6. The van der Waals surface area contributed by atoms with Crippen molar-refractivity contribution in [1.29, 1.82) is 0 Å². The molecular weight excluding hydrogens is 609 g/mol. The Kier molecular flexibility index (Phi) is 12.5. The average molecular weight is 651 g/mol. The van der Waals surface area contributed by atoms with Crippen LogP contribution in [-0.2, 0) is 20.8 Å². The van der Waals surface area contributed by atoms with Crippen LogP contribution in [0.3, 0.4) is 0 Å². The van der Waals surface area contributed by atoms with Crippen LogP contribution in [0.5, 0.6) is 0 Å². The summed E-state index contributed by atoms with van der Waals surface area (Å²) in [5.41, 5.74) is 4.64. The van der Waals surface area contributed by atoms with Gasteiger partial charge in [-0.2, -0.15) is 13.2 Å². The van der Waals surface area contributed by atoms with Crippen molar-refractivity contribution in [1.82, 2.24) is 15.3 Å². The van der Waals surface area contributed by atoms with Crippen molar-refractivity contribution >= 4 is 34.1 Å². The highest BCUT2D eigenvalue weighted by Gasteiger charge is 2.38. The summed E-state index contributed by atoms with van der Waals surface area (Å²) in [5, 5.41) is 12.7. The lowest BCUT2D eigenvalue weighted by atomic mass is 9.98. The second kappa shape index (κ2) is 16.8. The minimum atomic E-state index is -5.08. The van der Waals surface area contributed by atoms with Crippen molar-refractivity contribution < 1.29 is 32.7 Å². The molecule has 2 heterocycles. The number of carboxylic acids is 1. The number of carboxylic acid groups (broad SMARTS) is 1. The molecule has 1 unspecified atom stereocenters. The van der Waals surface area contributed by atoms with Gasteiger partial charge in [0, 0.05) is 43.7 Å². The predicted molar refractivity (Wildman–Crippen MR) is 176 cm³/mol. The fraction of sp³-hybridized carbons (Fsp3) is 0.389. The number of nitrogens with zero attached hydrogens (tertiary/aromatic N) is 2. The summed E-state index contributed by atoms with van der Waals surface area (Å²) in [5.74, 6) is -2.10. The smallest absolute Gasteiger partial charge is 0.475 e. The van der Waals surface area contributed by atoms with Crippen molar-refractivity contribution in [2.24, 2.45) is 0 Å². The number of Topliss-reactive ketones (excluding diaryl/α,β-unsaturated/α-hetero) is 1. The van der Waals surface area contributed by atoms with Gasteiger partial charge in [0.2, 0.25) is 5.91 Å². The fourth-order valence-electron chi connectivity index (χ4n) is 5.71. The first kappa shape index (κ1) is 35.2. The summed E-state index contributed by atoms with van der Waals surface area (Å²) in [6, 6.07) is 23.2. The number of hydrogen-bond donors (Lipinski definition) is 3. The standard InChI is InChI=1S/C34H40N4O2.C2HF3O2/c1-2-29(39)15-4-3-5-16-30(34(40)35-20-22-38-21-10-14-26-12-8-9-17-32(26)38)33-36-24-31(37-33)28-19-18-25-11-6-7-13-27(25)23-28;3-2(4,5)1(6)7/h6-9,11-13,17-19,23-24,30H,2-5,10,14-16,20-22H2,1H3,(H,35,40)(H,36,37);(H,6,7). The molecule has 0 aliphatic carbocycles. The van der Waals surface area contributed by atoms with Crippen LogP contribution in [0.2, 0.25) is 0 Å². The molecule has 5 rings (SSSR count). The number of H-pyrrole nitrogens is 1. The van der Waals surface area contributed by atoms with E-state index in [0.29, 0.717) is 37.4 Å². The lowest BCUT2D eigenvalue weighted by Gasteiger charge is -2.31. The van der Waals surface area contributed by atoms with Crippen LogP contribution >= 0.6 is 0 Å². The minimum absolute atomic E-state index is 0.00865. The maximum atomic E-state index is 13.5. The Morgan fingerprint density at radius 3 is 2.47 bits per heavy atom. The zero-order chi connectivity index (χ0) is 33.8. The third kappa shape index (κ3) is 10.2. The third-order valence-corrected chi connectivity index (χ3v) is 8.28. The molecule has 0 fully saturated rings. The molecule has 1 aromatic heterocycles. The Morgan fingerprint density at radius 2 is 1.72 bits per heavy atom. The number of aryl methyl sites for hydroxylation is 1. The SMILES string of the molecule is CCC(=O)CCCCCC(C(=O)NCCN1CCCc2ccccc21)c1ncc(-c2ccc3ccccc3c2)[nH]1.O=C(O)C(F)(F)F. The number of anilines is 1. The molecule has 3 aromatic carbocycles. The summed E-state index contributed by atoms with van der Waals surface area (Å²) in [6.07, 6.45) is 3.59. The van der Waals surface area contributed by atoms with E-state index in [1.807, 2.05) is 25.3 Å². The highest BCUT2D eigenvalue weighted by molar-refractivity contribution is 5.87. The van der Waals surface area contributed by atoms with E-state index in [1.165, 1.54) is 22.0 Å². The number of fused-ring (bicyclic) bond motifs is 2. The summed E-state index contributed by atoms with van der Waals surface area (Å²) in [6.45, 7) is 4.30. The van der Waals surface area contributed by atoms with E-state index < -0.39 is 12.1 Å². The number of rotatable bonds is 13. The number of carbonyl (C=O) groups is 3. The molecule has 0 spiro atoms. The Hall–Kier alpha value is -4.67. The van der Waals surface area contributed by atoms with Gasteiger partial charge >= 0.3 is 12.1 Å². The van der Waals surface area contributed by atoms with Gasteiger partial charge in [-0.15, -0.1) is 0 Å². The Morgan fingerprint density at radius 1 is 1.00 bits per heavy atom. The first-order valence-corrected chi connectivity index (χ1v) is 16.0. The van der Waals surface area contributed by atoms with Crippen LogP contribution in [0.25, 0.3) is 22.0 Å². The zero-order valence-corrected chi connectivity index (χ0v) is 26.5. The fourth-order valence-corrected chi connectivity index (χ4v) is 5.71. The van der Waals surface area contributed by atoms with E-state index in [9.17, 15) is 22.8 Å². The number of para-hydroxylation sites is 1. The van der Waals surface area contributed by atoms with Gasteiger partial charge in [-0.3, -0.25) is 9.59 Å². The predicted octanol–water partition coefficient (Wildman–Crippen LogP) is 7.45. The van der Waals surface area contributed by atoms with Crippen molar-refractivity contribution in [3.63, 3.8) is 0 Å². The summed E-state index contributed by atoms with van der Waals surface area (Å²) < 4.78 is 31.7. The topological polar surface area (TPSA) is 115 Å². The highest BCUT2D eigenvalue weighted by Crippen LogP contribution is 2.28. The number of carbonyl (C=O) groups excluding carboxylic acids is 2. The summed E-state index contributed by atoms with van der Waals surface area (Å²) in [7, 11) is 0. The van der Waals surface area contributed by atoms with Crippen molar-refractivity contribution in [3.8, 4) is 11.3 Å². The third-order valence-electron chi connectivity index (χ3n) is 8.28. The van der Waals surface area contributed by atoms with Crippen molar-refractivity contribution in [2.45, 2.75) is 70.4 Å². The van der Waals surface area contributed by atoms with Crippen LogP contribution < -0.4 is 10.2 Å². The lowest BCUT2D eigenvalue weighted by Crippen LogP contribution is -2.39. The molecule has 0 saturated heterocycles. The number of imidazole rings is 1. The Bertz CT molecular complexity index is 1650. The molecule has 47 heavy (non-hydrogen) atoms. The molecule has 1 amide bonds. The number of aliphatic carboxylic acids is 1. The van der Waals surface area contributed by atoms with Gasteiger partial charge in [0.05, 0.1) is 17.8 Å². The summed E-state index contributed by atoms with van der Waals surface area (Å²) >= 11 is 0. The first-order valence-electron chi connectivity index (χ1n) is 16.0. The number of benzene rings is 3. The number of nitrogens with one attached hydrogen (secondary N) is 2. The van der Waals surface area contributed by atoms with E-state index >= 15 is 0 Å². The molecule has 250 valence electrons. The molecular formula is C36H41F3N4O4. The maximum Gasteiger partial charge on any atom is 0.490 e. The number of hydrogen-bond acceptors (Lipinski definition) is 5. The molecule has 4 aromatic rings. The molecule has 0 radical (unpaired) electrons. The van der Waals surface area contributed by atoms with Crippen LogP contribution in [0.15, 0.2) is 72.9 Å². The molecule has 1 atom stereocenters. The van der Waals surface area contributed by atoms with Gasteiger partial charge in [0.25, 0.3) is 0 Å². The number of aromatic amines is 1. The number of alkyl halides is 3. The largest absolute Gasteiger partial charge is 0.490 e. The molecule has 0 bridgehead atoms. The van der Waals surface area contributed by atoms with E-state index in [-0.39, 0.29) is 11.8 Å².